The number of likely N-dealkylation sites (tertiary alicyclic amines) is 1. The van der Waals surface area contributed by atoms with Crippen LogP contribution in [0, 0.1) is 6.92 Å². The van der Waals surface area contributed by atoms with Gasteiger partial charge >= 0.3 is 6.09 Å². The number of carbonyl (C=O) groups is 2. The van der Waals surface area contributed by atoms with Gasteiger partial charge in [-0.1, -0.05) is 48.5 Å². The zero-order valence-corrected chi connectivity index (χ0v) is 26.7. The number of nitrogens with zero attached hydrogens (tertiary/aromatic N) is 4. The number of benzene rings is 3. The molecule has 1 aliphatic rings. The van der Waals surface area contributed by atoms with Crippen molar-refractivity contribution < 1.29 is 22.7 Å². The van der Waals surface area contributed by atoms with Gasteiger partial charge in [-0.2, -0.15) is 4.37 Å². The Bertz CT molecular complexity index is 1980. The quantitative estimate of drug-likeness (QED) is 0.203. The van der Waals surface area contributed by atoms with Crippen LogP contribution in [0.25, 0.3) is 11.0 Å². The summed E-state index contributed by atoms with van der Waals surface area (Å²) in [5, 5.41) is 2.07. The molecule has 13 heteroatoms. The van der Waals surface area contributed by atoms with Crippen molar-refractivity contribution in [2.24, 2.45) is 0 Å². The summed E-state index contributed by atoms with van der Waals surface area (Å²) in [4.78, 5) is 37.5. The summed E-state index contributed by atoms with van der Waals surface area (Å²) in [5.41, 5.74) is 4.90. The van der Waals surface area contributed by atoms with Crippen molar-refractivity contribution in [2.75, 3.05) is 23.1 Å². The molecular weight excluding hydrogens is 625 g/mol. The third-order valence-electron chi connectivity index (χ3n) is 7.66. The monoisotopic (exact) mass is 656 g/mol. The molecule has 1 unspecified atom stereocenters. The van der Waals surface area contributed by atoms with Crippen molar-refractivity contribution in [1.29, 1.82) is 0 Å². The summed E-state index contributed by atoms with van der Waals surface area (Å²) in [6.07, 6.45) is 2.49. The number of aryl methyl sites for hydroxylation is 1. The first-order chi connectivity index (χ1) is 22.2. The molecule has 3 aromatic carbocycles. The van der Waals surface area contributed by atoms with Crippen molar-refractivity contribution in [3.63, 3.8) is 0 Å². The van der Waals surface area contributed by atoms with Gasteiger partial charge in [0.15, 0.2) is 0 Å². The Hall–Kier alpha value is -4.88. The van der Waals surface area contributed by atoms with Gasteiger partial charge in [0.1, 0.15) is 6.61 Å². The standard InChI is InChI=1S/C33H32N6O5S2/c1-22-31(30(45-37-22)18-26-19-34-28-14-5-6-15-29(28)35-26)32(40)36-24-11-7-12-25(17-24)38-46(42,43)27-13-8-16-39(20-27)33(41)44-21-23-9-3-2-4-10-23/h2-7,9-12,14-15,17,19,27,38H,8,13,16,18,20-21H2,1H3,(H,36,40). The Labute approximate surface area is 270 Å². The average Bonchev–Trinajstić information content (AvgIpc) is 3.43. The van der Waals surface area contributed by atoms with Gasteiger partial charge in [0, 0.05) is 36.3 Å². The number of hydrogen-bond donors (Lipinski definition) is 2. The van der Waals surface area contributed by atoms with Crippen molar-refractivity contribution in [3.8, 4) is 0 Å². The van der Waals surface area contributed by atoms with Crippen LogP contribution in [0.5, 0.6) is 0 Å². The maximum atomic E-state index is 13.4. The number of fused-ring (bicyclic) bond motifs is 1. The first kappa shape index (κ1) is 31.1. The highest BCUT2D eigenvalue weighted by molar-refractivity contribution is 7.93. The molecule has 6 rings (SSSR count). The number of aromatic nitrogens is 3. The highest BCUT2D eigenvalue weighted by atomic mass is 32.2. The number of hydrogen-bond acceptors (Lipinski definition) is 9. The van der Waals surface area contributed by atoms with E-state index in [0.29, 0.717) is 48.4 Å². The first-order valence-electron chi connectivity index (χ1n) is 14.8. The lowest BCUT2D eigenvalue weighted by atomic mass is 10.1. The molecule has 2 amide bonds. The van der Waals surface area contributed by atoms with E-state index in [1.54, 1.807) is 37.4 Å². The Balaban J connectivity index is 1.09. The second-order valence-electron chi connectivity index (χ2n) is 11.0. The Kier molecular flexibility index (Phi) is 9.22. The summed E-state index contributed by atoms with van der Waals surface area (Å²) in [6, 6.07) is 23.4. The number of nitrogens with one attached hydrogen (secondary N) is 2. The molecule has 2 N–H and O–H groups in total. The topological polar surface area (TPSA) is 143 Å². The molecule has 11 nitrogen and oxygen atoms in total. The number of anilines is 2. The van der Waals surface area contributed by atoms with Gasteiger partial charge in [-0.15, -0.1) is 0 Å². The molecule has 1 fully saturated rings. The summed E-state index contributed by atoms with van der Waals surface area (Å²) < 4.78 is 39.2. The van der Waals surface area contributed by atoms with E-state index < -0.39 is 21.4 Å². The number of rotatable bonds is 9. The van der Waals surface area contributed by atoms with Crippen LogP contribution < -0.4 is 10.0 Å². The minimum absolute atomic E-state index is 0.0220. The van der Waals surface area contributed by atoms with Crippen LogP contribution in [0.1, 0.15) is 45.0 Å². The van der Waals surface area contributed by atoms with Gasteiger partial charge < -0.3 is 15.0 Å². The molecule has 1 aliphatic heterocycles. The Morgan fingerprint density at radius 2 is 1.76 bits per heavy atom. The van der Waals surface area contributed by atoms with E-state index in [4.69, 9.17) is 4.74 Å². The zero-order valence-electron chi connectivity index (χ0n) is 25.0. The molecule has 3 heterocycles. The SMILES string of the molecule is Cc1nsc(Cc2cnc3ccccc3n2)c1C(=O)Nc1cccc(NS(=O)(=O)C2CCCN(C(=O)OCc3ccccc3)C2)c1. The van der Waals surface area contributed by atoms with E-state index in [1.165, 1.54) is 16.4 Å². The molecule has 0 spiro atoms. The van der Waals surface area contributed by atoms with E-state index in [-0.39, 0.29) is 19.1 Å². The van der Waals surface area contributed by atoms with E-state index in [2.05, 4.69) is 24.4 Å². The Morgan fingerprint density at radius 1 is 1.00 bits per heavy atom. The van der Waals surface area contributed by atoms with Gasteiger partial charge in [0.25, 0.3) is 5.91 Å². The second kappa shape index (κ2) is 13.6. The number of para-hydroxylation sites is 2. The highest BCUT2D eigenvalue weighted by Gasteiger charge is 2.33. The molecular formula is C33H32N6O5S2. The van der Waals surface area contributed by atoms with E-state index in [9.17, 15) is 18.0 Å². The molecule has 46 heavy (non-hydrogen) atoms. The van der Waals surface area contributed by atoms with Crippen molar-refractivity contribution in [3.05, 3.63) is 112 Å². The van der Waals surface area contributed by atoms with Gasteiger partial charge in [0.05, 0.1) is 38.9 Å². The van der Waals surface area contributed by atoms with Gasteiger partial charge in [-0.05, 0) is 67.2 Å². The number of sulfonamides is 1. The predicted molar refractivity (Wildman–Crippen MR) is 177 cm³/mol. The lowest BCUT2D eigenvalue weighted by Gasteiger charge is -2.31. The molecule has 0 radical (unpaired) electrons. The van der Waals surface area contributed by atoms with Crippen LogP contribution in [-0.2, 0) is 27.8 Å². The maximum Gasteiger partial charge on any atom is 0.410 e. The van der Waals surface area contributed by atoms with E-state index in [1.807, 2.05) is 54.6 Å². The normalized spacial score (nSPS) is 15.0. The second-order valence-corrected chi connectivity index (χ2v) is 13.8. The molecule has 0 saturated carbocycles. The molecule has 236 valence electrons. The van der Waals surface area contributed by atoms with Crippen molar-refractivity contribution >= 4 is 56.0 Å². The first-order valence-corrected chi connectivity index (χ1v) is 17.1. The van der Waals surface area contributed by atoms with Gasteiger partial charge in [0.2, 0.25) is 10.0 Å². The van der Waals surface area contributed by atoms with Crippen molar-refractivity contribution in [2.45, 2.75) is 38.0 Å². The zero-order chi connectivity index (χ0) is 32.1. The molecule has 1 atom stereocenters. The fraction of sp³-hybridized carbons (Fsp3) is 0.242. The number of piperidine rings is 1. The minimum Gasteiger partial charge on any atom is -0.445 e. The van der Waals surface area contributed by atoms with Crippen LogP contribution in [0.4, 0.5) is 16.2 Å². The van der Waals surface area contributed by atoms with Crippen molar-refractivity contribution in [1.82, 2.24) is 19.2 Å². The highest BCUT2D eigenvalue weighted by Crippen LogP contribution is 2.26. The summed E-state index contributed by atoms with van der Waals surface area (Å²) in [7, 11) is -3.86. The van der Waals surface area contributed by atoms with Crippen LogP contribution in [0.3, 0.4) is 0 Å². The fourth-order valence-corrected chi connectivity index (χ4v) is 7.70. The number of ether oxygens (including phenoxy) is 1. The third kappa shape index (κ3) is 7.32. The van der Waals surface area contributed by atoms with Crippen LogP contribution >= 0.6 is 11.5 Å². The van der Waals surface area contributed by atoms with Gasteiger partial charge in [-0.25, -0.2) is 18.2 Å². The summed E-state index contributed by atoms with van der Waals surface area (Å²) in [5.74, 6) is -0.355. The molecule has 0 aliphatic carbocycles. The lowest BCUT2D eigenvalue weighted by Crippen LogP contribution is -2.46. The minimum atomic E-state index is -3.86. The smallest absolute Gasteiger partial charge is 0.410 e. The lowest BCUT2D eigenvalue weighted by molar-refractivity contribution is 0.0899. The van der Waals surface area contributed by atoms with Gasteiger partial charge in [-0.3, -0.25) is 14.5 Å². The number of carbonyl (C=O) groups excluding carboxylic acids is 2. The largest absolute Gasteiger partial charge is 0.445 e. The molecule has 2 aromatic heterocycles. The van der Waals surface area contributed by atoms with Crippen LogP contribution in [0.2, 0.25) is 0 Å². The molecule has 5 aromatic rings. The maximum absolute atomic E-state index is 13.4. The fourth-order valence-electron chi connectivity index (χ4n) is 5.34. The van der Waals surface area contributed by atoms with E-state index in [0.717, 1.165) is 27.2 Å². The summed E-state index contributed by atoms with van der Waals surface area (Å²) >= 11 is 1.24. The Morgan fingerprint density at radius 3 is 2.59 bits per heavy atom. The van der Waals surface area contributed by atoms with E-state index >= 15 is 0 Å². The summed E-state index contributed by atoms with van der Waals surface area (Å²) in [6.45, 7) is 2.34. The molecule has 0 bridgehead atoms. The number of amides is 2. The predicted octanol–water partition coefficient (Wildman–Crippen LogP) is 5.78. The third-order valence-corrected chi connectivity index (χ3v) is 10.4. The molecule has 1 saturated heterocycles. The average molecular weight is 657 g/mol. The van der Waals surface area contributed by atoms with Crippen LogP contribution in [-0.4, -0.2) is 58.0 Å². The van der Waals surface area contributed by atoms with Crippen LogP contribution in [0.15, 0.2) is 85.1 Å².